The van der Waals surface area contributed by atoms with Crippen molar-refractivity contribution in [2.24, 2.45) is 11.3 Å². The normalized spacial score (nSPS) is 26.5. The molecule has 5 nitrogen and oxygen atoms in total. The smallest absolute Gasteiger partial charge is 0.311 e. The fraction of sp³-hybridized carbons (Fsp3) is 0.579. The number of benzene rings is 1. The zero-order chi connectivity index (χ0) is 17.3. The Morgan fingerprint density at radius 2 is 2.04 bits per heavy atom. The number of carbonyl (C=O) groups is 2. The second-order valence-corrected chi connectivity index (χ2v) is 7.33. The first kappa shape index (κ1) is 17.0. The lowest BCUT2D eigenvalue weighted by atomic mass is 9.74. The number of rotatable bonds is 4. The minimum atomic E-state index is -0.824. The van der Waals surface area contributed by atoms with Gasteiger partial charge in [-0.1, -0.05) is 38.1 Å². The molecule has 1 aromatic rings. The molecule has 2 atom stereocenters. The molecule has 0 bridgehead atoms. The summed E-state index contributed by atoms with van der Waals surface area (Å²) in [6, 6.07) is 8.10. The topological polar surface area (TPSA) is 66.8 Å². The largest absolute Gasteiger partial charge is 0.481 e. The van der Waals surface area contributed by atoms with Crippen LogP contribution in [0.1, 0.15) is 37.3 Å². The summed E-state index contributed by atoms with van der Waals surface area (Å²) in [5.41, 5.74) is 1.40. The van der Waals surface area contributed by atoms with E-state index in [2.05, 4.69) is 26.0 Å². The van der Waals surface area contributed by atoms with Crippen LogP contribution in [0.4, 0.5) is 0 Å². The summed E-state index contributed by atoms with van der Waals surface area (Å²) >= 11 is 0. The van der Waals surface area contributed by atoms with Gasteiger partial charge in [0.1, 0.15) is 0 Å². The number of carboxylic acid groups (broad SMARTS) is 1. The van der Waals surface area contributed by atoms with Gasteiger partial charge >= 0.3 is 5.97 Å². The second-order valence-electron chi connectivity index (χ2n) is 7.33. The van der Waals surface area contributed by atoms with Crippen LogP contribution in [0.25, 0.3) is 0 Å². The molecule has 24 heavy (non-hydrogen) atoms. The Morgan fingerprint density at radius 1 is 1.33 bits per heavy atom. The Bertz CT molecular complexity index is 625. The zero-order valence-corrected chi connectivity index (χ0v) is 14.3. The lowest BCUT2D eigenvalue weighted by Crippen LogP contribution is -2.45. The number of nitrogens with zero attached hydrogens (tertiary/aromatic N) is 1. The van der Waals surface area contributed by atoms with Gasteiger partial charge in [0.15, 0.2) is 0 Å². The molecule has 0 saturated carbocycles. The van der Waals surface area contributed by atoms with Gasteiger partial charge in [-0.25, -0.2) is 0 Å². The van der Waals surface area contributed by atoms with E-state index in [1.807, 2.05) is 12.1 Å². The molecule has 1 aromatic carbocycles. The predicted octanol–water partition coefficient (Wildman–Crippen LogP) is 2.30. The maximum absolute atomic E-state index is 12.6. The van der Waals surface area contributed by atoms with Crippen molar-refractivity contribution in [2.75, 3.05) is 26.3 Å². The monoisotopic (exact) mass is 331 g/mol. The van der Waals surface area contributed by atoms with Crippen molar-refractivity contribution in [1.29, 1.82) is 0 Å². The first-order chi connectivity index (χ1) is 11.4. The van der Waals surface area contributed by atoms with E-state index in [0.717, 1.165) is 5.56 Å². The van der Waals surface area contributed by atoms with Crippen LogP contribution in [-0.4, -0.2) is 48.2 Å². The molecule has 2 aliphatic rings. The summed E-state index contributed by atoms with van der Waals surface area (Å²) in [5.74, 6) is -0.433. The highest BCUT2D eigenvalue weighted by molar-refractivity contribution is 5.82. The summed E-state index contributed by atoms with van der Waals surface area (Å²) in [5, 5.41) is 9.68. The number of likely N-dealkylation sites (tertiary alicyclic amines) is 1. The lowest BCUT2D eigenvalue weighted by molar-refractivity contribution is -0.157. The van der Waals surface area contributed by atoms with Gasteiger partial charge in [-0.3, -0.25) is 9.59 Å². The number of fused-ring (bicyclic) bond motifs is 1. The maximum Gasteiger partial charge on any atom is 0.311 e. The molecule has 2 heterocycles. The fourth-order valence-corrected chi connectivity index (χ4v) is 3.80. The molecule has 2 aliphatic heterocycles. The third-order valence-corrected chi connectivity index (χ3v) is 5.49. The van der Waals surface area contributed by atoms with Gasteiger partial charge in [-0.2, -0.15) is 0 Å². The zero-order valence-electron chi connectivity index (χ0n) is 14.3. The van der Waals surface area contributed by atoms with Crippen LogP contribution in [0.2, 0.25) is 0 Å². The molecule has 3 rings (SSSR count). The van der Waals surface area contributed by atoms with Crippen LogP contribution in [-0.2, 0) is 20.7 Å². The number of hydrogen-bond donors (Lipinski definition) is 1. The van der Waals surface area contributed by atoms with E-state index in [1.165, 1.54) is 5.56 Å². The maximum atomic E-state index is 12.6. The Kier molecular flexibility index (Phi) is 4.63. The number of ether oxygens (including phenoxy) is 1. The molecule has 1 amide bonds. The summed E-state index contributed by atoms with van der Waals surface area (Å²) in [6.45, 7) is 5.95. The molecule has 1 N–H and O–H groups in total. The van der Waals surface area contributed by atoms with E-state index in [-0.39, 0.29) is 11.8 Å². The highest BCUT2D eigenvalue weighted by atomic mass is 16.5. The van der Waals surface area contributed by atoms with Crippen LogP contribution in [0.15, 0.2) is 24.3 Å². The number of aliphatic carboxylic acids is 1. The third-order valence-electron chi connectivity index (χ3n) is 5.49. The van der Waals surface area contributed by atoms with Gasteiger partial charge in [0.05, 0.1) is 18.4 Å². The van der Waals surface area contributed by atoms with Gasteiger partial charge in [-0.05, 0) is 23.5 Å². The van der Waals surface area contributed by atoms with Gasteiger partial charge in [-0.15, -0.1) is 0 Å². The average Bonchev–Trinajstić information content (AvgIpc) is 2.96. The fourth-order valence-electron chi connectivity index (χ4n) is 3.80. The van der Waals surface area contributed by atoms with Crippen LogP contribution >= 0.6 is 0 Å². The van der Waals surface area contributed by atoms with E-state index in [9.17, 15) is 14.7 Å². The van der Waals surface area contributed by atoms with Gasteiger partial charge in [0.25, 0.3) is 0 Å². The standard InChI is InChI=1S/C19H25NO4/c1-13(2)15-5-3-14(4-6-15)9-17(21)20-10-16-11-24-8-7-19(16,12-20)18(22)23/h3-6,13,16H,7-12H2,1-2H3,(H,22,23)/t16-,19+/m1/s1. The van der Waals surface area contributed by atoms with Crippen molar-refractivity contribution >= 4 is 11.9 Å². The third kappa shape index (κ3) is 3.05. The van der Waals surface area contributed by atoms with Crippen LogP contribution in [0, 0.1) is 11.3 Å². The summed E-state index contributed by atoms with van der Waals surface area (Å²) < 4.78 is 5.44. The summed E-state index contributed by atoms with van der Waals surface area (Å²) in [6.07, 6.45) is 0.807. The number of amides is 1. The average molecular weight is 331 g/mol. The van der Waals surface area contributed by atoms with Crippen molar-refractivity contribution in [3.05, 3.63) is 35.4 Å². The van der Waals surface area contributed by atoms with Crippen molar-refractivity contribution in [3.63, 3.8) is 0 Å². The lowest BCUT2D eigenvalue weighted by Gasteiger charge is -2.33. The SMILES string of the molecule is CC(C)c1ccc(CC(=O)N2C[C@@H]3COCC[C@]3(C(=O)O)C2)cc1. The van der Waals surface area contributed by atoms with Gasteiger partial charge < -0.3 is 14.7 Å². The highest BCUT2D eigenvalue weighted by Gasteiger charge is 2.54. The minimum absolute atomic E-state index is 0.00215. The van der Waals surface area contributed by atoms with E-state index in [0.29, 0.717) is 45.1 Å². The second kappa shape index (κ2) is 6.55. The Hall–Kier alpha value is -1.88. The highest BCUT2D eigenvalue weighted by Crippen LogP contribution is 2.42. The van der Waals surface area contributed by atoms with Crippen LogP contribution in [0.3, 0.4) is 0 Å². The molecule has 0 spiro atoms. The summed E-state index contributed by atoms with van der Waals surface area (Å²) in [7, 11) is 0. The van der Waals surface area contributed by atoms with E-state index in [4.69, 9.17) is 4.74 Å². The van der Waals surface area contributed by atoms with E-state index < -0.39 is 11.4 Å². The van der Waals surface area contributed by atoms with Gasteiger partial charge in [0, 0.05) is 25.6 Å². The number of hydrogen-bond acceptors (Lipinski definition) is 3. The van der Waals surface area contributed by atoms with Crippen molar-refractivity contribution in [3.8, 4) is 0 Å². The molecule has 2 saturated heterocycles. The van der Waals surface area contributed by atoms with Crippen molar-refractivity contribution < 1.29 is 19.4 Å². The molecule has 2 fully saturated rings. The quantitative estimate of drug-likeness (QED) is 0.919. The Morgan fingerprint density at radius 3 is 2.62 bits per heavy atom. The molecular weight excluding hydrogens is 306 g/mol. The predicted molar refractivity (Wildman–Crippen MR) is 89.8 cm³/mol. The molecule has 130 valence electrons. The molecule has 0 aliphatic carbocycles. The van der Waals surface area contributed by atoms with Crippen LogP contribution in [0.5, 0.6) is 0 Å². The Labute approximate surface area is 142 Å². The molecule has 0 unspecified atom stereocenters. The van der Waals surface area contributed by atoms with E-state index in [1.54, 1.807) is 4.90 Å². The van der Waals surface area contributed by atoms with Gasteiger partial charge in [0.2, 0.25) is 5.91 Å². The van der Waals surface area contributed by atoms with Crippen LogP contribution < -0.4 is 0 Å². The first-order valence-electron chi connectivity index (χ1n) is 8.60. The van der Waals surface area contributed by atoms with E-state index >= 15 is 0 Å². The number of carbonyl (C=O) groups excluding carboxylic acids is 1. The molecule has 5 heteroatoms. The first-order valence-corrected chi connectivity index (χ1v) is 8.60. The molecule has 0 aromatic heterocycles. The molecule has 0 radical (unpaired) electrons. The molecular formula is C19H25NO4. The summed E-state index contributed by atoms with van der Waals surface area (Å²) in [4.78, 5) is 26.1. The number of carboxylic acids is 1. The van der Waals surface area contributed by atoms with Crippen molar-refractivity contribution in [1.82, 2.24) is 4.90 Å². The minimum Gasteiger partial charge on any atom is -0.481 e. The Balaban J connectivity index is 1.68. The van der Waals surface area contributed by atoms with Crippen molar-refractivity contribution in [2.45, 2.75) is 32.6 Å².